The van der Waals surface area contributed by atoms with Gasteiger partial charge in [0.15, 0.2) is 0 Å². The summed E-state index contributed by atoms with van der Waals surface area (Å²) in [5.41, 5.74) is 2.71. The SMILES string of the molecule is CCc1ccc(N(C)CC)cc1. The Kier molecular flexibility index (Phi) is 3.15. The Morgan fingerprint density at radius 3 is 2.08 bits per heavy atom. The van der Waals surface area contributed by atoms with E-state index in [0.29, 0.717) is 0 Å². The largest absolute Gasteiger partial charge is 0.375 e. The van der Waals surface area contributed by atoms with Gasteiger partial charge < -0.3 is 4.90 Å². The minimum Gasteiger partial charge on any atom is -0.375 e. The highest BCUT2D eigenvalue weighted by Crippen LogP contribution is 2.13. The van der Waals surface area contributed by atoms with Gasteiger partial charge in [-0.15, -0.1) is 0 Å². The van der Waals surface area contributed by atoms with Crippen LogP contribution >= 0.6 is 0 Å². The highest BCUT2D eigenvalue weighted by Gasteiger charge is 1.96. The van der Waals surface area contributed by atoms with Crippen molar-refractivity contribution >= 4 is 5.69 Å². The summed E-state index contributed by atoms with van der Waals surface area (Å²) in [5, 5.41) is 0. The first-order valence-corrected chi connectivity index (χ1v) is 4.58. The molecule has 0 aliphatic carbocycles. The van der Waals surface area contributed by atoms with Crippen LogP contribution < -0.4 is 4.90 Å². The molecule has 0 saturated carbocycles. The average molecular weight is 163 g/mol. The Balaban J connectivity index is 2.77. The van der Waals surface area contributed by atoms with Gasteiger partial charge in [-0.05, 0) is 31.0 Å². The Labute approximate surface area is 75.0 Å². The zero-order chi connectivity index (χ0) is 8.97. The molecule has 0 spiro atoms. The van der Waals surface area contributed by atoms with E-state index in [1.54, 1.807) is 0 Å². The molecule has 1 heteroatoms. The van der Waals surface area contributed by atoms with E-state index in [-0.39, 0.29) is 0 Å². The molecule has 0 aliphatic rings. The van der Waals surface area contributed by atoms with Crippen LogP contribution in [-0.2, 0) is 6.42 Å². The maximum absolute atomic E-state index is 2.24. The third-order valence-corrected chi connectivity index (χ3v) is 2.26. The van der Waals surface area contributed by atoms with Crippen molar-refractivity contribution < 1.29 is 0 Å². The molecule has 0 aliphatic heterocycles. The van der Waals surface area contributed by atoms with E-state index in [0.717, 1.165) is 13.0 Å². The number of hydrogen-bond donors (Lipinski definition) is 0. The Morgan fingerprint density at radius 1 is 1.08 bits per heavy atom. The van der Waals surface area contributed by atoms with Crippen molar-refractivity contribution in [1.29, 1.82) is 0 Å². The third kappa shape index (κ3) is 2.00. The summed E-state index contributed by atoms with van der Waals surface area (Å²) in [6.45, 7) is 5.40. The molecule has 0 radical (unpaired) electrons. The summed E-state index contributed by atoms with van der Waals surface area (Å²) in [7, 11) is 2.11. The molecule has 1 rings (SSSR count). The van der Waals surface area contributed by atoms with E-state index in [4.69, 9.17) is 0 Å². The molecule has 1 aromatic rings. The van der Waals surface area contributed by atoms with Gasteiger partial charge in [0.2, 0.25) is 0 Å². The van der Waals surface area contributed by atoms with Crippen LogP contribution in [0.15, 0.2) is 24.3 Å². The van der Waals surface area contributed by atoms with Crippen LogP contribution in [0.3, 0.4) is 0 Å². The predicted octanol–water partition coefficient (Wildman–Crippen LogP) is 2.71. The van der Waals surface area contributed by atoms with Crippen molar-refractivity contribution in [3.8, 4) is 0 Å². The van der Waals surface area contributed by atoms with E-state index >= 15 is 0 Å². The number of hydrogen-bond acceptors (Lipinski definition) is 1. The van der Waals surface area contributed by atoms with Crippen LogP contribution in [-0.4, -0.2) is 13.6 Å². The van der Waals surface area contributed by atoms with Crippen molar-refractivity contribution in [3.05, 3.63) is 29.8 Å². The minimum absolute atomic E-state index is 1.06. The molecule has 0 fully saturated rings. The lowest BCUT2D eigenvalue weighted by Crippen LogP contribution is -2.15. The molecular formula is C11H17N. The molecule has 0 bridgehead atoms. The van der Waals surface area contributed by atoms with Gasteiger partial charge in [0, 0.05) is 19.3 Å². The van der Waals surface area contributed by atoms with Gasteiger partial charge in [-0.25, -0.2) is 0 Å². The summed E-state index contributed by atoms with van der Waals surface area (Å²) >= 11 is 0. The van der Waals surface area contributed by atoms with Crippen molar-refractivity contribution in [2.75, 3.05) is 18.5 Å². The molecule has 0 aromatic heterocycles. The maximum Gasteiger partial charge on any atom is 0.0363 e. The quantitative estimate of drug-likeness (QED) is 0.662. The highest BCUT2D eigenvalue weighted by molar-refractivity contribution is 5.46. The zero-order valence-electron chi connectivity index (χ0n) is 8.17. The molecule has 0 unspecified atom stereocenters. The smallest absolute Gasteiger partial charge is 0.0363 e. The molecule has 0 atom stereocenters. The van der Waals surface area contributed by atoms with Crippen molar-refractivity contribution in [2.45, 2.75) is 20.3 Å². The van der Waals surface area contributed by atoms with Crippen LogP contribution in [0.2, 0.25) is 0 Å². The first-order chi connectivity index (χ1) is 5.77. The number of aryl methyl sites for hydroxylation is 1. The molecule has 66 valence electrons. The Morgan fingerprint density at radius 2 is 1.67 bits per heavy atom. The Hall–Kier alpha value is -0.980. The average Bonchev–Trinajstić information content (AvgIpc) is 2.17. The summed E-state index contributed by atoms with van der Waals surface area (Å²) in [4.78, 5) is 2.24. The number of rotatable bonds is 3. The third-order valence-electron chi connectivity index (χ3n) is 2.26. The molecule has 0 heterocycles. The monoisotopic (exact) mass is 163 g/mol. The van der Waals surface area contributed by atoms with E-state index < -0.39 is 0 Å². The van der Waals surface area contributed by atoms with Crippen molar-refractivity contribution in [3.63, 3.8) is 0 Å². The van der Waals surface area contributed by atoms with E-state index in [9.17, 15) is 0 Å². The van der Waals surface area contributed by atoms with Crippen LogP contribution in [0.25, 0.3) is 0 Å². The maximum atomic E-state index is 2.24. The molecule has 0 amide bonds. The van der Waals surface area contributed by atoms with Crippen molar-refractivity contribution in [2.24, 2.45) is 0 Å². The molecule has 12 heavy (non-hydrogen) atoms. The van der Waals surface area contributed by atoms with Gasteiger partial charge >= 0.3 is 0 Å². The normalized spacial score (nSPS) is 9.92. The minimum atomic E-state index is 1.06. The van der Waals surface area contributed by atoms with Gasteiger partial charge in [-0.1, -0.05) is 19.1 Å². The predicted molar refractivity (Wildman–Crippen MR) is 54.8 cm³/mol. The number of anilines is 1. The lowest BCUT2D eigenvalue weighted by molar-refractivity contribution is 0.966. The van der Waals surface area contributed by atoms with Gasteiger partial charge in [-0.3, -0.25) is 0 Å². The summed E-state index contributed by atoms with van der Waals surface area (Å²) in [6.07, 6.45) is 1.12. The van der Waals surface area contributed by atoms with Gasteiger partial charge in [0.25, 0.3) is 0 Å². The fourth-order valence-electron chi connectivity index (χ4n) is 1.17. The summed E-state index contributed by atoms with van der Waals surface area (Å²) in [5.74, 6) is 0. The molecule has 1 nitrogen and oxygen atoms in total. The van der Waals surface area contributed by atoms with E-state index in [2.05, 4.69) is 50.1 Å². The summed E-state index contributed by atoms with van der Waals surface area (Å²) in [6, 6.07) is 8.76. The summed E-state index contributed by atoms with van der Waals surface area (Å²) < 4.78 is 0. The van der Waals surface area contributed by atoms with Crippen LogP contribution in [0, 0.1) is 0 Å². The van der Waals surface area contributed by atoms with E-state index in [1.807, 2.05) is 0 Å². The fourth-order valence-corrected chi connectivity index (χ4v) is 1.17. The second-order valence-electron chi connectivity index (χ2n) is 3.03. The van der Waals surface area contributed by atoms with Gasteiger partial charge in [0.1, 0.15) is 0 Å². The fraction of sp³-hybridized carbons (Fsp3) is 0.455. The first kappa shape index (κ1) is 9.11. The van der Waals surface area contributed by atoms with Gasteiger partial charge in [0.05, 0.1) is 0 Å². The highest BCUT2D eigenvalue weighted by atomic mass is 15.1. The van der Waals surface area contributed by atoms with E-state index in [1.165, 1.54) is 11.3 Å². The lowest BCUT2D eigenvalue weighted by Gasteiger charge is -2.16. The lowest BCUT2D eigenvalue weighted by atomic mass is 10.1. The number of benzene rings is 1. The number of nitrogens with zero attached hydrogens (tertiary/aromatic N) is 1. The Bertz CT molecular complexity index is 225. The van der Waals surface area contributed by atoms with Crippen molar-refractivity contribution in [1.82, 2.24) is 0 Å². The second kappa shape index (κ2) is 4.15. The molecule has 1 aromatic carbocycles. The molecule has 0 saturated heterocycles. The first-order valence-electron chi connectivity index (χ1n) is 4.58. The second-order valence-corrected chi connectivity index (χ2v) is 3.03. The van der Waals surface area contributed by atoms with Crippen LogP contribution in [0.5, 0.6) is 0 Å². The van der Waals surface area contributed by atoms with Crippen LogP contribution in [0.4, 0.5) is 5.69 Å². The standard InChI is InChI=1S/C11H17N/c1-4-10-6-8-11(9-7-10)12(3)5-2/h6-9H,4-5H2,1-3H3. The zero-order valence-corrected chi connectivity index (χ0v) is 8.17. The van der Waals surface area contributed by atoms with Gasteiger partial charge in [-0.2, -0.15) is 0 Å². The molecular weight excluding hydrogens is 146 g/mol. The topological polar surface area (TPSA) is 3.24 Å². The molecule has 0 N–H and O–H groups in total. The van der Waals surface area contributed by atoms with Crippen LogP contribution in [0.1, 0.15) is 19.4 Å².